The van der Waals surface area contributed by atoms with Gasteiger partial charge in [-0.05, 0) is 12.0 Å². The Morgan fingerprint density at radius 1 is 1.65 bits per heavy atom. The fourth-order valence-electron chi connectivity index (χ4n) is 2.64. The molecular weight excluding hydrogens is 308 g/mol. The van der Waals surface area contributed by atoms with Gasteiger partial charge in [-0.2, -0.15) is 4.98 Å². The molecule has 0 amide bonds. The standard InChI is InChI=1S/C11H14N8O4/c1-2-11(17-18-13)6(21)5(20)9(23-11)19-3-14-4-7(19)15-10(12)16-8(4)22/h3,5-6,9,20-21H,2H2,1H3,(H3,12,15,16,22)/t5-,6+,9-,11-/m1/s1. The molecule has 4 atom stereocenters. The van der Waals surface area contributed by atoms with E-state index in [0.717, 1.165) is 0 Å². The average molecular weight is 322 g/mol. The van der Waals surface area contributed by atoms with Crippen LogP contribution in [-0.4, -0.2) is 47.7 Å². The van der Waals surface area contributed by atoms with E-state index in [2.05, 4.69) is 25.0 Å². The van der Waals surface area contributed by atoms with Crippen LogP contribution in [0.4, 0.5) is 5.95 Å². The van der Waals surface area contributed by atoms with Crippen LogP contribution < -0.4 is 11.3 Å². The first-order chi connectivity index (χ1) is 10.9. The number of nitrogens with zero attached hydrogens (tertiary/aromatic N) is 6. The highest BCUT2D eigenvalue weighted by molar-refractivity contribution is 5.70. The first-order valence-electron chi connectivity index (χ1n) is 6.76. The number of ether oxygens (including phenoxy) is 1. The Morgan fingerprint density at radius 3 is 3.04 bits per heavy atom. The summed E-state index contributed by atoms with van der Waals surface area (Å²) in [4.78, 5) is 24.6. The molecule has 0 saturated carbocycles. The van der Waals surface area contributed by atoms with E-state index in [0.29, 0.717) is 0 Å². The molecule has 3 heterocycles. The first kappa shape index (κ1) is 15.2. The van der Waals surface area contributed by atoms with Crippen molar-refractivity contribution < 1.29 is 14.9 Å². The first-order valence-corrected chi connectivity index (χ1v) is 6.76. The highest BCUT2D eigenvalue weighted by Crippen LogP contribution is 2.41. The SMILES string of the molecule is CC[C@@]1(N=[N+]=[N-])O[C@@H](n2cnc3c(=O)[nH]c(N)nc32)[C@H](O)[C@@H]1O. The molecule has 0 spiro atoms. The Hall–Kier alpha value is -2.66. The van der Waals surface area contributed by atoms with Crippen LogP contribution in [0.5, 0.6) is 0 Å². The van der Waals surface area contributed by atoms with Gasteiger partial charge in [0, 0.05) is 4.91 Å². The van der Waals surface area contributed by atoms with Crippen molar-refractivity contribution in [3.05, 3.63) is 27.1 Å². The number of hydrogen-bond donors (Lipinski definition) is 4. The Morgan fingerprint density at radius 2 is 2.39 bits per heavy atom. The maximum Gasteiger partial charge on any atom is 0.280 e. The van der Waals surface area contributed by atoms with Gasteiger partial charge in [0.05, 0.1) is 6.33 Å². The van der Waals surface area contributed by atoms with Gasteiger partial charge in [0.2, 0.25) is 5.95 Å². The van der Waals surface area contributed by atoms with Crippen molar-refractivity contribution in [1.29, 1.82) is 0 Å². The molecule has 23 heavy (non-hydrogen) atoms. The van der Waals surface area contributed by atoms with E-state index in [1.165, 1.54) is 10.9 Å². The molecular formula is C11H14N8O4. The number of fused-ring (bicyclic) bond motifs is 1. The quantitative estimate of drug-likeness (QED) is 0.328. The molecule has 1 saturated heterocycles. The molecule has 12 nitrogen and oxygen atoms in total. The van der Waals surface area contributed by atoms with Crippen molar-refractivity contribution in [2.45, 2.75) is 37.5 Å². The van der Waals surface area contributed by atoms with Crippen LogP contribution in [0.3, 0.4) is 0 Å². The highest BCUT2D eigenvalue weighted by atomic mass is 16.6. The molecule has 0 aliphatic carbocycles. The van der Waals surface area contributed by atoms with Crippen molar-refractivity contribution in [2.24, 2.45) is 5.11 Å². The molecule has 3 rings (SSSR count). The molecule has 0 aromatic carbocycles. The van der Waals surface area contributed by atoms with E-state index in [-0.39, 0.29) is 23.5 Å². The number of imidazole rings is 1. The summed E-state index contributed by atoms with van der Waals surface area (Å²) in [6.07, 6.45) is -2.65. The van der Waals surface area contributed by atoms with E-state index >= 15 is 0 Å². The Balaban J connectivity index is 2.13. The lowest BCUT2D eigenvalue weighted by molar-refractivity contribution is -0.100. The van der Waals surface area contributed by atoms with Crippen molar-refractivity contribution in [3.63, 3.8) is 0 Å². The van der Waals surface area contributed by atoms with E-state index in [1.807, 2.05) is 0 Å². The molecule has 1 fully saturated rings. The summed E-state index contributed by atoms with van der Waals surface area (Å²) in [5.41, 5.74) is 12.1. The number of nitrogens with one attached hydrogen (secondary N) is 1. The molecule has 12 heteroatoms. The maximum atomic E-state index is 11.8. The predicted octanol–water partition coefficient (Wildman–Crippen LogP) is -0.631. The van der Waals surface area contributed by atoms with Gasteiger partial charge in [-0.1, -0.05) is 12.0 Å². The summed E-state index contributed by atoms with van der Waals surface area (Å²) < 4.78 is 6.87. The highest BCUT2D eigenvalue weighted by Gasteiger charge is 2.54. The summed E-state index contributed by atoms with van der Waals surface area (Å²) in [6.45, 7) is 1.64. The van der Waals surface area contributed by atoms with Crippen LogP contribution in [0.15, 0.2) is 16.2 Å². The van der Waals surface area contributed by atoms with Gasteiger partial charge in [0.15, 0.2) is 23.1 Å². The number of hydrogen-bond acceptors (Lipinski definition) is 8. The minimum Gasteiger partial charge on any atom is -0.387 e. The molecule has 1 aliphatic heterocycles. The normalized spacial score (nSPS) is 30.5. The second-order valence-corrected chi connectivity index (χ2v) is 5.11. The fraction of sp³-hybridized carbons (Fsp3) is 0.545. The smallest absolute Gasteiger partial charge is 0.280 e. The van der Waals surface area contributed by atoms with E-state index in [9.17, 15) is 15.0 Å². The van der Waals surface area contributed by atoms with Crippen LogP contribution in [0.25, 0.3) is 21.6 Å². The number of anilines is 1. The number of aromatic amines is 1. The largest absolute Gasteiger partial charge is 0.387 e. The molecule has 5 N–H and O–H groups in total. The zero-order valence-electron chi connectivity index (χ0n) is 12.0. The van der Waals surface area contributed by atoms with Gasteiger partial charge in [0.25, 0.3) is 5.56 Å². The van der Waals surface area contributed by atoms with Gasteiger partial charge in [0.1, 0.15) is 12.2 Å². The lowest BCUT2D eigenvalue weighted by Crippen LogP contribution is -2.40. The van der Waals surface area contributed by atoms with Gasteiger partial charge in [-0.15, -0.1) is 0 Å². The second-order valence-electron chi connectivity index (χ2n) is 5.11. The zero-order chi connectivity index (χ0) is 16.8. The van der Waals surface area contributed by atoms with Crippen LogP contribution in [0, 0.1) is 0 Å². The number of nitrogen functional groups attached to an aromatic ring is 1. The molecule has 122 valence electrons. The third-order valence-electron chi connectivity index (χ3n) is 3.85. The van der Waals surface area contributed by atoms with Gasteiger partial charge < -0.3 is 20.7 Å². The topological polar surface area (TPSA) is 188 Å². The lowest BCUT2D eigenvalue weighted by atomic mass is 10.0. The fourth-order valence-corrected chi connectivity index (χ4v) is 2.64. The number of azide groups is 1. The van der Waals surface area contributed by atoms with Crippen molar-refractivity contribution in [1.82, 2.24) is 19.5 Å². The molecule has 2 aromatic heterocycles. The van der Waals surface area contributed by atoms with Crippen LogP contribution in [0.2, 0.25) is 0 Å². The summed E-state index contributed by atoms with van der Waals surface area (Å²) in [6, 6.07) is 0. The number of aliphatic hydroxyl groups is 2. The van der Waals surface area contributed by atoms with E-state index in [4.69, 9.17) is 16.0 Å². The van der Waals surface area contributed by atoms with Gasteiger partial charge in [-0.25, -0.2) is 4.98 Å². The average Bonchev–Trinajstić information content (AvgIpc) is 3.03. The van der Waals surface area contributed by atoms with Gasteiger partial charge >= 0.3 is 0 Å². The zero-order valence-corrected chi connectivity index (χ0v) is 12.0. The number of aromatic nitrogens is 4. The number of H-pyrrole nitrogens is 1. The minimum atomic E-state index is -1.62. The minimum absolute atomic E-state index is 0.00210. The third kappa shape index (κ3) is 2.12. The predicted molar refractivity (Wildman–Crippen MR) is 76.9 cm³/mol. The van der Waals surface area contributed by atoms with E-state index in [1.54, 1.807) is 6.92 Å². The summed E-state index contributed by atoms with van der Waals surface area (Å²) in [7, 11) is 0. The second kappa shape index (κ2) is 5.21. The molecule has 2 aromatic rings. The summed E-state index contributed by atoms with van der Waals surface area (Å²) >= 11 is 0. The Kier molecular flexibility index (Phi) is 3.45. The van der Waals surface area contributed by atoms with Crippen molar-refractivity contribution in [3.8, 4) is 0 Å². The van der Waals surface area contributed by atoms with Crippen LogP contribution >= 0.6 is 0 Å². The number of nitrogens with two attached hydrogens (primary N) is 1. The Bertz CT molecular complexity index is 855. The van der Waals surface area contributed by atoms with Crippen LogP contribution in [0.1, 0.15) is 19.6 Å². The lowest BCUT2D eigenvalue weighted by Gasteiger charge is -2.24. The monoisotopic (exact) mass is 322 g/mol. The number of aliphatic hydroxyl groups excluding tert-OH is 2. The molecule has 0 radical (unpaired) electrons. The maximum absolute atomic E-state index is 11.8. The van der Waals surface area contributed by atoms with Crippen LogP contribution in [-0.2, 0) is 4.74 Å². The Labute approximate surface area is 128 Å². The third-order valence-corrected chi connectivity index (χ3v) is 3.85. The number of rotatable bonds is 3. The van der Waals surface area contributed by atoms with E-state index < -0.39 is 29.7 Å². The molecule has 0 unspecified atom stereocenters. The molecule has 0 bridgehead atoms. The van der Waals surface area contributed by atoms with Gasteiger partial charge in [-0.3, -0.25) is 14.3 Å². The summed E-state index contributed by atoms with van der Waals surface area (Å²) in [5, 5.41) is 24.0. The molecule has 1 aliphatic rings. The van der Waals surface area contributed by atoms with Crippen molar-refractivity contribution >= 4 is 17.1 Å². The van der Waals surface area contributed by atoms with Crippen molar-refractivity contribution in [2.75, 3.05) is 5.73 Å². The summed E-state index contributed by atoms with van der Waals surface area (Å²) in [5.74, 6) is -0.130.